The Balaban J connectivity index is 2.44. The lowest BCUT2D eigenvalue weighted by Crippen LogP contribution is -2.33. The third-order valence-electron chi connectivity index (χ3n) is 3.74. The number of carbonyl (C=O) groups is 1. The average molecular weight is 345 g/mol. The second-order valence-corrected chi connectivity index (χ2v) is 6.23. The molecule has 0 atom stereocenters. The first-order valence-corrected chi connectivity index (χ1v) is 8.15. The number of nitrogens with zero attached hydrogens (tertiary/aromatic N) is 1. The molecule has 0 fully saturated rings. The first-order valence-electron chi connectivity index (χ1n) is 7.77. The zero-order valence-corrected chi connectivity index (χ0v) is 14.8. The van der Waals surface area contributed by atoms with Gasteiger partial charge in [-0.25, -0.2) is 10.2 Å². The van der Waals surface area contributed by atoms with Crippen LogP contribution in [0.3, 0.4) is 0 Å². The Morgan fingerprint density at radius 2 is 1.75 bits per heavy atom. The molecule has 0 spiro atoms. The Kier molecular flexibility index (Phi) is 5.99. The lowest BCUT2D eigenvalue weighted by atomic mass is 9.77. The molecule has 0 aromatic heterocycles. The maximum Gasteiger partial charge on any atom is 0.427 e. The number of amides is 1. The average Bonchev–Trinajstić information content (AvgIpc) is 2.57. The van der Waals surface area contributed by atoms with Gasteiger partial charge in [-0.2, -0.15) is 5.10 Å². The molecule has 0 radical (unpaired) electrons. The Bertz CT molecular complexity index is 710. The van der Waals surface area contributed by atoms with E-state index in [-0.39, 0.29) is 0 Å². The molecule has 0 saturated carbocycles. The summed E-state index contributed by atoms with van der Waals surface area (Å²) in [7, 11) is 0. The van der Waals surface area contributed by atoms with Crippen LogP contribution in [0.15, 0.2) is 59.7 Å². The largest absolute Gasteiger partial charge is 0.449 e. The first kappa shape index (κ1) is 18.0. The topological polar surface area (TPSA) is 50.7 Å². The van der Waals surface area contributed by atoms with Crippen LogP contribution in [0.5, 0.6) is 0 Å². The highest BCUT2D eigenvalue weighted by molar-refractivity contribution is 6.30. The maximum atomic E-state index is 11.6. The summed E-state index contributed by atoms with van der Waals surface area (Å²) in [5.41, 5.74) is 4.73. The molecule has 2 aromatic carbocycles. The highest BCUT2D eigenvalue weighted by atomic mass is 35.5. The number of benzene rings is 2. The number of ether oxygens (including phenoxy) is 1. The standard InChI is InChI=1S/C19H21ClN2O2/c1-4-24-18(23)22-21-17(14-10-12-16(20)13-11-14)19(2,3)15-8-6-5-7-9-15/h5-13H,4H2,1-3H3,(H,22,23). The molecular formula is C19H21ClN2O2. The van der Waals surface area contributed by atoms with Crippen molar-refractivity contribution >= 4 is 23.4 Å². The quantitative estimate of drug-likeness (QED) is 0.627. The third-order valence-corrected chi connectivity index (χ3v) is 3.99. The molecule has 0 aliphatic rings. The van der Waals surface area contributed by atoms with Crippen LogP contribution in [-0.2, 0) is 10.2 Å². The highest BCUT2D eigenvalue weighted by Crippen LogP contribution is 2.28. The van der Waals surface area contributed by atoms with Crippen LogP contribution in [0.1, 0.15) is 31.9 Å². The van der Waals surface area contributed by atoms with E-state index in [1.807, 2.05) is 42.5 Å². The fraction of sp³-hybridized carbons (Fsp3) is 0.263. The Morgan fingerprint density at radius 3 is 2.33 bits per heavy atom. The summed E-state index contributed by atoms with van der Waals surface area (Å²) < 4.78 is 4.89. The maximum absolute atomic E-state index is 11.6. The van der Waals surface area contributed by atoms with E-state index in [2.05, 4.69) is 24.4 Å². The van der Waals surface area contributed by atoms with Gasteiger partial charge >= 0.3 is 6.09 Å². The van der Waals surface area contributed by atoms with Gasteiger partial charge in [-0.1, -0.05) is 67.9 Å². The van der Waals surface area contributed by atoms with E-state index in [0.717, 1.165) is 16.8 Å². The Morgan fingerprint density at radius 1 is 1.12 bits per heavy atom. The summed E-state index contributed by atoms with van der Waals surface area (Å²) in [6.45, 7) is 6.15. The van der Waals surface area contributed by atoms with E-state index >= 15 is 0 Å². The summed E-state index contributed by atoms with van der Waals surface area (Å²) in [5, 5.41) is 4.99. The predicted molar refractivity (Wildman–Crippen MR) is 97.6 cm³/mol. The second-order valence-electron chi connectivity index (χ2n) is 5.79. The van der Waals surface area contributed by atoms with Crippen molar-refractivity contribution in [3.8, 4) is 0 Å². The van der Waals surface area contributed by atoms with Gasteiger partial charge in [-0.05, 0) is 30.2 Å². The minimum atomic E-state index is -0.576. The zero-order chi connectivity index (χ0) is 17.6. The van der Waals surface area contributed by atoms with Gasteiger partial charge in [0, 0.05) is 10.4 Å². The minimum Gasteiger partial charge on any atom is -0.449 e. The van der Waals surface area contributed by atoms with Crippen LogP contribution < -0.4 is 5.43 Å². The van der Waals surface area contributed by atoms with Crippen LogP contribution >= 0.6 is 11.6 Å². The van der Waals surface area contributed by atoms with Gasteiger partial charge in [-0.3, -0.25) is 0 Å². The molecule has 1 N–H and O–H groups in total. The number of hydrazone groups is 1. The predicted octanol–water partition coefficient (Wildman–Crippen LogP) is 4.77. The Hall–Kier alpha value is -2.33. The molecule has 2 aromatic rings. The summed E-state index contributed by atoms with van der Waals surface area (Å²) >= 11 is 5.99. The van der Waals surface area contributed by atoms with Crippen molar-refractivity contribution in [1.82, 2.24) is 5.43 Å². The van der Waals surface area contributed by atoms with Gasteiger partial charge in [0.05, 0.1) is 12.3 Å². The fourth-order valence-corrected chi connectivity index (χ4v) is 2.56. The van der Waals surface area contributed by atoms with E-state index in [9.17, 15) is 4.79 Å². The number of rotatable bonds is 5. The van der Waals surface area contributed by atoms with E-state index in [1.54, 1.807) is 19.1 Å². The molecule has 2 rings (SSSR count). The van der Waals surface area contributed by atoms with Gasteiger partial charge < -0.3 is 4.74 Å². The van der Waals surface area contributed by atoms with Gasteiger partial charge in [0.2, 0.25) is 0 Å². The summed E-state index contributed by atoms with van der Waals surface area (Å²) in [6, 6.07) is 17.4. The van der Waals surface area contributed by atoms with Crippen LogP contribution in [-0.4, -0.2) is 18.4 Å². The lowest BCUT2D eigenvalue weighted by Gasteiger charge is -2.27. The molecule has 0 bridgehead atoms. The van der Waals surface area contributed by atoms with Crippen molar-refractivity contribution in [2.75, 3.05) is 6.61 Å². The van der Waals surface area contributed by atoms with Crippen molar-refractivity contribution < 1.29 is 9.53 Å². The molecule has 0 saturated heterocycles. The molecule has 1 amide bonds. The number of hydrogen-bond donors (Lipinski definition) is 1. The number of hydrogen-bond acceptors (Lipinski definition) is 3. The van der Waals surface area contributed by atoms with Gasteiger partial charge in [0.15, 0.2) is 0 Å². The summed E-state index contributed by atoms with van der Waals surface area (Å²) in [6.07, 6.45) is -0.576. The van der Waals surface area contributed by atoms with Crippen LogP contribution in [0.4, 0.5) is 4.79 Å². The zero-order valence-electron chi connectivity index (χ0n) is 14.0. The normalized spacial score (nSPS) is 11.9. The first-order chi connectivity index (χ1) is 11.4. The highest BCUT2D eigenvalue weighted by Gasteiger charge is 2.29. The summed E-state index contributed by atoms with van der Waals surface area (Å²) in [5.74, 6) is 0. The van der Waals surface area contributed by atoms with E-state index in [1.165, 1.54) is 0 Å². The van der Waals surface area contributed by atoms with Gasteiger partial charge in [0.25, 0.3) is 0 Å². The van der Waals surface area contributed by atoms with E-state index in [0.29, 0.717) is 11.6 Å². The van der Waals surface area contributed by atoms with Crippen LogP contribution in [0.2, 0.25) is 5.02 Å². The van der Waals surface area contributed by atoms with Gasteiger partial charge in [0.1, 0.15) is 0 Å². The Labute approximate surface area is 147 Å². The molecule has 5 heteroatoms. The lowest BCUT2D eigenvalue weighted by molar-refractivity contribution is 0.152. The molecular weight excluding hydrogens is 324 g/mol. The number of halogens is 1. The van der Waals surface area contributed by atoms with Gasteiger partial charge in [-0.15, -0.1) is 0 Å². The fourth-order valence-electron chi connectivity index (χ4n) is 2.43. The van der Waals surface area contributed by atoms with Crippen molar-refractivity contribution in [2.24, 2.45) is 5.10 Å². The molecule has 0 aliphatic carbocycles. The molecule has 0 aliphatic heterocycles. The molecule has 0 heterocycles. The smallest absolute Gasteiger partial charge is 0.427 e. The van der Waals surface area contributed by atoms with Crippen molar-refractivity contribution in [2.45, 2.75) is 26.2 Å². The van der Waals surface area contributed by atoms with Crippen molar-refractivity contribution in [1.29, 1.82) is 0 Å². The van der Waals surface area contributed by atoms with E-state index < -0.39 is 11.5 Å². The van der Waals surface area contributed by atoms with E-state index in [4.69, 9.17) is 16.3 Å². The number of carbonyl (C=O) groups excluding carboxylic acids is 1. The van der Waals surface area contributed by atoms with Crippen LogP contribution in [0, 0.1) is 0 Å². The molecule has 24 heavy (non-hydrogen) atoms. The molecule has 126 valence electrons. The summed E-state index contributed by atoms with van der Waals surface area (Å²) in [4.78, 5) is 11.6. The minimum absolute atomic E-state index is 0.291. The second kappa shape index (κ2) is 7.97. The van der Waals surface area contributed by atoms with Crippen molar-refractivity contribution in [3.05, 3.63) is 70.7 Å². The molecule has 4 nitrogen and oxygen atoms in total. The molecule has 0 unspecified atom stereocenters. The van der Waals surface area contributed by atoms with Crippen molar-refractivity contribution in [3.63, 3.8) is 0 Å². The monoisotopic (exact) mass is 344 g/mol. The SMILES string of the molecule is CCOC(=O)NN=C(c1ccc(Cl)cc1)C(C)(C)c1ccccc1. The van der Waals surface area contributed by atoms with Crippen LogP contribution in [0.25, 0.3) is 0 Å². The number of nitrogens with one attached hydrogen (secondary N) is 1. The third kappa shape index (κ3) is 4.36.